The van der Waals surface area contributed by atoms with Gasteiger partial charge in [-0.25, -0.2) is 4.79 Å². The fourth-order valence-electron chi connectivity index (χ4n) is 2.04. The molecule has 10 heteroatoms. The van der Waals surface area contributed by atoms with Crippen molar-refractivity contribution in [1.29, 1.82) is 0 Å². The van der Waals surface area contributed by atoms with Gasteiger partial charge in [-0.3, -0.25) is 19.3 Å². The predicted octanol–water partition coefficient (Wildman–Crippen LogP) is 1.18. The van der Waals surface area contributed by atoms with Gasteiger partial charge in [0.1, 0.15) is 10.4 Å². The number of nitrogens with one attached hydrogen (secondary N) is 1. The minimum absolute atomic E-state index is 0.168. The highest BCUT2D eigenvalue weighted by atomic mass is 32.2. The van der Waals surface area contributed by atoms with Crippen LogP contribution >= 0.6 is 24.0 Å². The molecule has 0 saturated carbocycles. The molecule has 0 spiro atoms. The average Bonchev–Trinajstić information content (AvgIpc) is 2.81. The zero-order valence-electron chi connectivity index (χ0n) is 13.5. The van der Waals surface area contributed by atoms with Crippen LogP contribution in [0.3, 0.4) is 0 Å². The van der Waals surface area contributed by atoms with Gasteiger partial charge < -0.3 is 15.5 Å². The lowest BCUT2D eigenvalue weighted by atomic mass is 10.1. The van der Waals surface area contributed by atoms with Crippen molar-refractivity contribution in [2.75, 3.05) is 7.05 Å². The molecule has 1 atom stereocenters. The first-order chi connectivity index (χ1) is 12.2. The van der Waals surface area contributed by atoms with Crippen molar-refractivity contribution in [1.82, 2.24) is 10.2 Å². The SMILES string of the molecule is CN1C(=O)/C(=C\c2ccc(C(=O)N[C@@H](CC(=O)O)C(=O)O)cc2)SC1=S. The maximum absolute atomic E-state index is 12.1. The summed E-state index contributed by atoms with van der Waals surface area (Å²) in [6, 6.07) is 4.56. The largest absolute Gasteiger partial charge is 0.481 e. The fraction of sp³-hybridized carbons (Fsp3) is 0.188. The van der Waals surface area contributed by atoms with Gasteiger partial charge in [0.25, 0.3) is 11.8 Å². The molecular formula is C16H14N2O6S2. The second kappa shape index (κ2) is 8.11. The van der Waals surface area contributed by atoms with E-state index in [4.69, 9.17) is 22.4 Å². The smallest absolute Gasteiger partial charge is 0.326 e. The minimum Gasteiger partial charge on any atom is -0.481 e. The number of benzene rings is 1. The molecule has 8 nitrogen and oxygen atoms in total. The summed E-state index contributed by atoms with van der Waals surface area (Å²) in [5.41, 5.74) is 0.831. The van der Waals surface area contributed by atoms with Crippen molar-refractivity contribution in [2.24, 2.45) is 0 Å². The summed E-state index contributed by atoms with van der Waals surface area (Å²) >= 11 is 6.22. The van der Waals surface area contributed by atoms with Gasteiger partial charge in [-0.1, -0.05) is 36.1 Å². The van der Waals surface area contributed by atoms with E-state index in [0.717, 1.165) is 0 Å². The van der Waals surface area contributed by atoms with E-state index in [-0.39, 0.29) is 11.5 Å². The number of carbonyl (C=O) groups is 4. The van der Waals surface area contributed by atoms with E-state index in [0.29, 0.717) is 14.8 Å². The van der Waals surface area contributed by atoms with Crippen LogP contribution in [0.15, 0.2) is 29.2 Å². The van der Waals surface area contributed by atoms with Crippen LogP contribution in [0, 0.1) is 0 Å². The normalized spacial score (nSPS) is 16.7. The summed E-state index contributed by atoms with van der Waals surface area (Å²) in [4.78, 5) is 47.5. The molecule has 1 aromatic carbocycles. The molecule has 1 saturated heterocycles. The molecule has 2 rings (SSSR count). The van der Waals surface area contributed by atoms with Crippen molar-refractivity contribution >= 4 is 58.1 Å². The molecule has 0 aliphatic carbocycles. The first-order valence-corrected chi connectivity index (χ1v) is 8.48. The Morgan fingerprint density at radius 3 is 2.35 bits per heavy atom. The van der Waals surface area contributed by atoms with Crippen LogP contribution < -0.4 is 5.32 Å². The highest BCUT2D eigenvalue weighted by Gasteiger charge is 2.28. The monoisotopic (exact) mass is 394 g/mol. The van der Waals surface area contributed by atoms with Crippen LogP contribution in [-0.4, -0.2) is 56.3 Å². The van der Waals surface area contributed by atoms with Crippen LogP contribution in [0.25, 0.3) is 6.08 Å². The Balaban J connectivity index is 2.10. The molecule has 136 valence electrons. The second-order valence-corrected chi connectivity index (χ2v) is 7.00. The van der Waals surface area contributed by atoms with Crippen molar-refractivity contribution in [3.8, 4) is 0 Å². The Kier molecular flexibility index (Phi) is 6.11. The Hall–Kier alpha value is -2.72. The Bertz CT molecular complexity index is 819. The quantitative estimate of drug-likeness (QED) is 0.485. The van der Waals surface area contributed by atoms with Gasteiger partial charge in [-0.15, -0.1) is 0 Å². The third-order valence-corrected chi connectivity index (χ3v) is 4.92. The molecule has 0 aromatic heterocycles. The summed E-state index contributed by atoms with van der Waals surface area (Å²) in [5.74, 6) is -3.68. The number of aliphatic carboxylic acids is 2. The number of hydrogen-bond acceptors (Lipinski definition) is 6. The lowest BCUT2D eigenvalue weighted by Crippen LogP contribution is -2.42. The van der Waals surface area contributed by atoms with Crippen LogP contribution in [0.2, 0.25) is 0 Å². The fourth-order valence-corrected chi connectivity index (χ4v) is 3.22. The number of nitrogens with zero attached hydrogens (tertiary/aromatic N) is 1. The third kappa shape index (κ3) is 4.67. The number of thioether (sulfide) groups is 1. The lowest BCUT2D eigenvalue weighted by Gasteiger charge is -2.12. The second-order valence-electron chi connectivity index (χ2n) is 5.32. The summed E-state index contributed by atoms with van der Waals surface area (Å²) in [7, 11) is 1.59. The van der Waals surface area contributed by atoms with E-state index >= 15 is 0 Å². The molecule has 1 fully saturated rings. The van der Waals surface area contributed by atoms with Gasteiger partial charge in [-0.2, -0.15) is 0 Å². The molecule has 0 bridgehead atoms. The number of carboxylic acids is 2. The highest BCUT2D eigenvalue weighted by Crippen LogP contribution is 2.31. The van der Waals surface area contributed by atoms with E-state index in [2.05, 4.69) is 5.32 Å². The maximum Gasteiger partial charge on any atom is 0.326 e. The number of hydrogen-bond donors (Lipinski definition) is 3. The number of carboxylic acid groups (broad SMARTS) is 2. The van der Waals surface area contributed by atoms with Gasteiger partial charge in [0.05, 0.1) is 11.3 Å². The summed E-state index contributed by atoms with van der Waals surface area (Å²) in [6.45, 7) is 0. The first-order valence-electron chi connectivity index (χ1n) is 7.26. The number of likely N-dealkylation sites (N-methyl/N-ethyl adjacent to an activating group) is 1. The number of rotatable bonds is 6. The molecule has 3 N–H and O–H groups in total. The van der Waals surface area contributed by atoms with Gasteiger partial charge in [0, 0.05) is 12.6 Å². The Morgan fingerprint density at radius 1 is 1.27 bits per heavy atom. The molecule has 1 aliphatic rings. The molecule has 26 heavy (non-hydrogen) atoms. The van der Waals surface area contributed by atoms with Crippen molar-refractivity contribution in [2.45, 2.75) is 12.5 Å². The zero-order chi connectivity index (χ0) is 19.4. The van der Waals surface area contributed by atoms with Crippen molar-refractivity contribution < 1.29 is 29.4 Å². The van der Waals surface area contributed by atoms with E-state index in [1.54, 1.807) is 25.3 Å². The molecule has 2 amide bonds. The molecule has 0 unspecified atom stereocenters. The molecule has 0 radical (unpaired) electrons. The molecular weight excluding hydrogens is 380 g/mol. The summed E-state index contributed by atoms with van der Waals surface area (Å²) < 4.78 is 0.454. The number of amides is 2. The highest BCUT2D eigenvalue weighted by molar-refractivity contribution is 8.26. The average molecular weight is 394 g/mol. The lowest BCUT2D eigenvalue weighted by molar-refractivity contribution is -0.145. The van der Waals surface area contributed by atoms with Crippen LogP contribution in [0.1, 0.15) is 22.3 Å². The summed E-state index contributed by atoms with van der Waals surface area (Å²) in [6.07, 6.45) is 0.910. The Labute approximate surface area is 157 Å². The predicted molar refractivity (Wildman–Crippen MR) is 98.5 cm³/mol. The number of carbonyl (C=O) groups excluding carboxylic acids is 2. The first kappa shape index (κ1) is 19.6. The van der Waals surface area contributed by atoms with E-state index in [1.807, 2.05) is 0 Å². The maximum atomic E-state index is 12.1. The van der Waals surface area contributed by atoms with Gasteiger partial charge >= 0.3 is 11.9 Å². The third-order valence-electron chi connectivity index (χ3n) is 3.44. The Morgan fingerprint density at radius 2 is 1.88 bits per heavy atom. The molecule has 1 aromatic rings. The zero-order valence-corrected chi connectivity index (χ0v) is 15.1. The van der Waals surface area contributed by atoms with Crippen molar-refractivity contribution in [3.05, 3.63) is 40.3 Å². The molecule has 1 heterocycles. The van der Waals surface area contributed by atoms with Crippen LogP contribution in [-0.2, 0) is 14.4 Å². The van der Waals surface area contributed by atoms with Gasteiger partial charge in [-0.05, 0) is 23.8 Å². The van der Waals surface area contributed by atoms with Gasteiger partial charge in [0.15, 0.2) is 0 Å². The van der Waals surface area contributed by atoms with Gasteiger partial charge in [0.2, 0.25) is 0 Å². The standard InChI is InChI=1S/C16H14N2O6S2/c1-18-14(22)11(26-16(18)25)6-8-2-4-9(5-3-8)13(21)17-10(15(23)24)7-12(19)20/h2-6,10H,7H2,1H3,(H,17,21)(H,19,20)(H,23,24)/b11-6+/t10-/m0/s1. The minimum atomic E-state index is -1.52. The number of thiocarbonyl (C=S) groups is 1. The van der Waals surface area contributed by atoms with E-state index < -0.39 is 30.3 Å². The van der Waals surface area contributed by atoms with Crippen molar-refractivity contribution in [3.63, 3.8) is 0 Å². The van der Waals surface area contributed by atoms with E-state index in [9.17, 15) is 19.2 Å². The summed E-state index contributed by atoms with van der Waals surface area (Å²) in [5, 5.41) is 19.8. The van der Waals surface area contributed by atoms with Crippen LogP contribution in [0.4, 0.5) is 0 Å². The topological polar surface area (TPSA) is 124 Å². The van der Waals surface area contributed by atoms with E-state index in [1.165, 1.54) is 28.8 Å². The van der Waals surface area contributed by atoms with Crippen LogP contribution in [0.5, 0.6) is 0 Å². The molecule has 1 aliphatic heterocycles.